The molecule has 100 valence electrons. The maximum atomic E-state index is 5.55. The third-order valence-electron chi connectivity index (χ3n) is 3.22. The standard InChI is InChI=1S/C14H17N3O2/c1-17-8-11(4-5-15)16-14(17)7-10-2-3-12-13(6-10)19-9-18-12/h2-3,6,8H,4-5,7,9,15H2,1H3. The van der Waals surface area contributed by atoms with Crippen molar-refractivity contribution in [1.29, 1.82) is 0 Å². The fraction of sp³-hybridized carbons (Fsp3) is 0.357. The molecule has 2 aromatic rings. The van der Waals surface area contributed by atoms with E-state index in [0.29, 0.717) is 13.3 Å². The molecule has 1 aromatic heterocycles. The van der Waals surface area contributed by atoms with Gasteiger partial charge < -0.3 is 19.8 Å². The van der Waals surface area contributed by atoms with E-state index >= 15 is 0 Å². The summed E-state index contributed by atoms with van der Waals surface area (Å²) in [7, 11) is 2.01. The zero-order valence-electron chi connectivity index (χ0n) is 10.9. The van der Waals surface area contributed by atoms with Crippen LogP contribution in [0.4, 0.5) is 0 Å². The summed E-state index contributed by atoms with van der Waals surface area (Å²) in [6.45, 7) is 0.933. The average molecular weight is 259 g/mol. The molecule has 0 radical (unpaired) electrons. The predicted molar refractivity (Wildman–Crippen MR) is 71.3 cm³/mol. The summed E-state index contributed by atoms with van der Waals surface area (Å²) in [5.41, 5.74) is 7.76. The summed E-state index contributed by atoms with van der Waals surface area (Å²) in [6.07, 6.45) is 3.63. The van der Waals surface area contributed by atoms with E-state index in [1.54, 1.807) is 0 Å². The van der Waals surface area contributed by atoms with Gasteiger partial charge in [-0.3, -0.25) is 0 Å². The number of ether oxygens (including phenoxy) is 2. The van der Waals surface area contributed by atoms with Crippen LogP contribution in [-0.2, 0) is 19.9 Å². The minimum Gasteiger partial charge on any atom is -0.454 e. The van der Waals surface area contributed by atoms with E-state index in [1.165, 1.54) is 0 Å². The third-order valence-corrected chi connectivity index (χ3v) is 3.22. The van der Waals surface area contributed by atoms with Crippen LogP contribution in [0.25, 0.3) is 0 Å². The van der Waals surface area contributed by atoms with Crippen LogP contribution in [0.15, 0.2) is 24.4 Å². The highest BCUT2D eigenvalue weighted by atomic mass is 16.7. The van der Waals surface area contributed by atoms with E-state index in [-0.39, 0.29) is 0 Å². The van der Waals surface area contributed by atoms with Gasteiger partial charge in [-0.15, -0.1) is 0 Å². The maximum Gasteiger partial charge on any atom is 0.231 e. The lowest BCUT2D eigenvalue weighted by Gasteiger charge is -2.03. The maximum absolute atomic E-state index is 5.55. The lowest BCUT2D eigenvalue weighted by atomic mass is 10.1. The number of hydrogen-bond acceptors (Lipinski definition) is 4. The molecular formula is C14H17N3O2. The summed E-state index contributed by atoms with van der Waals surface area (Å²) in [5, 5.41) is 0. The lowest BCUT2D eigenvalue weighted by Crippen LogP contribution is -2.02. The number of nitrogens with zero attached hydrogens (tertiary/aromatic N) is 2. The number of aromatic nitrogens is 2. The van der Waals surface area contributed by atoms with Gasteiger partial charge in [0, 0.05) is 26.1 Å². The Balaban J connectivity index is 1.81. The zero-order chi connectivity index (χ0) is 13.2. The van der Waals surface area contributed by atoms with Crippen molar-refractivity contribution in [2.75, 3.05) is 13.3 Å². The average Bonchev–Trinajstić information content (AvgIpc) is 2.97. The molecule has 1 aliphatic heterocycles. The second-order valence-electron chi connectivity index (χ2n) is 4.66. The normalized spacial score (nSPS) is 12.9. The Morgan fingerprint density at radius 2 is 2.16 bits per heavy atom. The van der Waals surface area contributed by atoms with Gasteiger partial charge >= 0.3 is 0 Å². The van der Waals surface area contributed by atoms with Crippen molar-refractivity contribution in [3.8, 4) is 11.5 Å². The Morgan fingerprint density at radius 3 is 3.00 bits per heavy atom. The van der Waals surface area contributed by atoms with Crippen LogP contribution < -0.4 is 15.2 Å². The monoisotopic (exact) mass is 259 g/mol. The van der Waals surface area contributed by atoms with Crippen molar-refractivity contribution in [3.05, 3.63) is 41.5 Å². The molecule has 0 bridgehead atoms. The van der Waals surface area contributed by atoms with Crippen LogP contribution in [-0.4, -0.2) is 22.9 Å². The molecule has 0 aliphatic carbocycles. The Labute approximate surface area is 112 Å². The molecule has 0 saturated carbocycles. The van der Waals surface area contributed by atoms with Crippen molar-refractivity contribution >= 4 is 0 Å². The van der Waals surface area contributed by atoms with Crippen LogP contribution in [0.3, 0.4) is 0 Å². The third kappa shape index (κ3) is 2.42. The molecule has 0 amide bonds. The second kappa shape index (κ2) is 4.93. The molecule has 0 fully saturated rings. The molecule has 1 aromatic carbocycles. The summed E-state index contributed by atoms with van der Waals surface area (Å²) in [4.78, 5) is 4.60. The minimum atomic E-state index is 0.307. The predicted octanol–water partition coefficient (Wildman–Crippen LogP) is 1.24. The molecule has 2 heterocycles. The number of rotatable bonds is 4. The van der Waals surface area contributed by atoms with Crippen molar-refractivity contribution in [2.24, 2.45) is 12.8 Å². The molecule has 3 rings (SSSR count). The van der Waals surface area contributed by atoms with Gasteiger partial charge in [-0.1, -0.05) is 6.07 Å². The first kappa shape index (κ1) is 12.0. The first-order valence-electron chi connectivity index (χ1n) is 6.36. The summed E-state index contributed by atoms with van der Waals surface area (Å²) >= 11 is 0. The first-order valence-corrected chi connectivity index (χ1v) is 6.36. The number of hydrogen-bond donors (Lipinski definition) is 1. The van der Waals surface area contributed by atoms with Crippen LogP contribution in [0.5, 0.6) is 11.5 Å². The van der Waals surface area contributed by atoms with E-state index in [4.69, 9.17) is 15.2 Å². The number of imidazole rings is 1. The number of aryl methyl sites for hydroxylation is 1. The lowest BCUT2D eigenvalue weighted by molar-refractivity contribution is 0.174. The highest BCUT2D eigenvalue weighted by Gasteiger charge is 2.14. The van der Waals surface area contributed by atoms with Crippen molar-refractivity contribution < 1.29 is 9.47 Å². The highest BCUT2D eigenvalue weighted by Crippen LogP contribution is 2.32. The quantitative estimate of drug-likeness (QED) is 0.897. The van der Waals surface area contributed by atoms with Crippen molar-refractivity contribution in [3.63, 3.8) is 0 Å². The van der Waals surface area contributed by atoms with Gasteiger partial charge in [0.1, 0.15) is 5.82 Å². The van der Waals surface area contributed by atoms with Crippen molar-refractivity contribution in [1.82, 2.24) is 9.55 Å². The summed E-state index contributed by atoms with van der Waals surface area (Å²) < 4.78 is 12.7. The highest BCUT2D eigenvalue weighted by molar-refractivity contribution is 5.45. The molecule has 19 heavy (non-hydrogen) atoms. The molecule has 5 nitrogen and oxygen atoms in total. The molecular weight excluding hydrogens is 242 g/mol. The molecule has 0 spiro atoms. The fourth-order valence-electron chi connectivity index (χ4n) is 2.24. The molecule has 2 N–H and O–H groups in total. The van der Waals surface area contributed by atoms with E-state index in [1.807, 2.05) is 31.4 Å². The number of nitrogens with two attached hydrogens (primary N) is 1. The van der Waals surface area contributed by atoms with Gasteiger partial charge in [-0.2, -0.15) is 0 Å². The Kier molecular flexibility index (Phi) is 3.13. The minimum absolute atomic E-state index is 0.307. The Bertz CT molecular complexity index is 592. The summed E-state index contributed by atoms with van der Waals surface area (Å²) in [5.74, 6) is 2.66. The number of fused-ring (bicyclic) bond motifs is 1. The SMILES string of the molecule is Cn1cc(CCN)nc1Cc1ccc2c(c1)OCO2. The first-order chi connectivity index (χ1) is 9.26. The Hall–Kier alpha value is -2.01. The number of benzene rings is 1. The van der Waals surface area contributed by atoms with E-state index in [2.05, 4.69) is 9.55 Å². The van der Waals surface area contributed by atoms with E-state index in [0.717, 1.165) is 41.4 Å². The zero-order valence-corrected chi connectivity index (χ0v) is 10.9. The molecule has 0 saturated heterocycles. The van der Waals surface area contributed by atoms with E-state index in [9.17, 15) is 0 Å². The van der Waals surface area contributed by atoms with Gasteiger partial charge in [0.2, 0.25) is 6.79 Å². The molecule has 1 aliphatic rings. The van der Waals surface area contributed by atoms with Gasteiger partial charge in [-0.05, 0) is 24.2 Å². The van der Waals surface area contributed by atoms with Gasteiger partial charge in [0.05, 0.1) is 5.69 Å². The smallest absolute Gasteiger partial charge is 0.231 e. The van der Waals surface area contributed by atoms with Gasteiger partial charge in [-0.25, -0.2) is 4.98 Å². The Morgan fingerprint density at radius 1 is 1.32 bits per heavy atom. The largest absolute Gasteiger partial charge is 0.454 e. The molecule has 5 heteroatoms. The van der Waals surface area contributed by atoms with Crippen molar-refractivity contribution in [2.45, 2.75) is 12.8 Å². The molecule has 0 unspecified atom stereocenters. The second-order valence-corrected chi connectivity index (χ2v) is 4.66. The van der Waals surface area contributed by atoms with Crippen LogP contribution in [0, 0.1) is 0 Å². The summed E-state index contributed by atoms with van der Waals surface area (Å²) in [6, 6.07) is 6.01. The topological polar surface area (TPSA) is 62.3 Å². The van der Waals surface area contributed by atoms with Crippen LogP contribution >= 0.6 is 0 Å². The van der Waals surface area contributed by atoms with Gasteiger partial charge in [0.15, 0.2) is 11.5 Å². The van der Waals surface area contributed by atoms with Gasteiger partial charge in [0.25, 0.3) is 0 Å². The van der Waals surface area contributed by atoms with Crippen LogP contribution in [0.1, 0.15) is 17.1 Å². The molecule has 0 atom stereocenters. The van der Waals surface area contributed by atoms with E-state index < -0.39 is 0 Å². The fourth-order valence-corrected chi connectivity index (χ4v) is 2.24. The van der Waals surface area contributed by atoms with Crippen LogP contribution in [0.2, 0.25) is 0 Å².